The molecule has 0 bridgehead atoms. The van der Waals surface area contributed by atoms with E-state index in [1.165, 1.54) is 0 Å². The summed E-state index contributed by atoms with van der Waals surface area (Å²) in [7, 11) is 4.84. The molecule has 2 N–H and O–H groups in total. The Morgan fingerprint density at radius 1 is 1.19 bits per heavy atom. The van der Waals surface area contributed by atoms with E-state index in [1.54, 1.807) is 21.3 Å². The van der Waals surface area contributed by atoms with E-state index in [-0.39, 0.29) is 6.10 Å². The van der Waals surface area contributed by atoms with Gasteiger partial charge in [0, 0.05) is 19.2 Å². The number of halogens is 1. The number of nitrogens with two attached hydrogens (primary N) is 1. The van der Waals surface area contributed by atoms with E-state index in [4.69, 9.17) is 19.9 Å². The molecule has 0 aliphatic carbocycles. The number of hydrogen-bond acceptors (Lipinski definition) is 4. The molecule has 0 unspecified atom stereocenters. The molecule has 90 valence electrons. The van der Waals surface area contributed by atoms with Crippen molar-refractivity contribution in [3.63, 3.8) is 0 Å². The predicted octanol–water partition coefficient (Wildman–Crippen LogP) is 2.11. The van der Waals surface area contributed by atoms with Crippen molar-refractivity contribution in [3.05, 3.63) is 22.2 Å². The average Bonchev–Trinajstić information content (AvgIpc) is 2.31. The number of methoxy groups -OCH3 is 3. The van der Waals surface area contributed by atoms with Crippen molar-refractivity contribution in [3.8, 4) is 11.5 Å². The molecule has 16 heavy (non-hydrogen) atoms. The first-order chi connectivity index (χ1) is 7.67. The van der Waals surface area contributed by atoms with Crippen molar-refractivity contribution in [1.82, 2.24) is 0 Å². The van der Waals surface area contributed by atoms with Crippen LogP contribution >= 0.6 is 15.9 Å². The van der Waals surface area contributed by atoms with Crippen LogP contribution in [0.15, 0.2) is 16.6 Å². The average molecular weight is 290 g/mol. The Morgan fingerprint density at radius 2 is 1.81 bits per heavy atom. The molecule has 0 spiro atoms. The zero-order valence-corrected chi connectivity index (χ0v) is 11.2. The molecule has 4 nitrogen and oxygen atoms in total. The van der Waals surface area contributed by atoms with E-state index >= 15 is 0 Å². The lowest BCUT2D eigenvalue weighted by Gasteiger charge is -2.18. The number of hydrogen-bond donors (Lipinski definition) is 1. The molecule has 0 saturated heterocycles. The third kappa shape index (κ3) is 2.66. The Morgan fingerprint density at radius 3 is 2.25 bits per heavy atom. The molecule has 1 aromatic carbocycles. The van der Waals surface area contributed by atoms with Crippen molar-refractivity contribution in [2.24, 2.45) is 5.73 Å². The maximum absolute atomic E-state index is 5.64. The molecule has 0 aromatic heterocycles. The molecule has 0 amide bonds. The van der Waals surface area contributed by atoms with Crippen LogP contribution in [-0.4, -0.2) is 27.9 Å². The lowest BCUT2D eigenvalue weighted by molar-refractivity contribution is 0.108. The van der Waals surface area contributed by atoms with Gasteiger partial charge in [0.25, 0.3) is 0 Å². The lowest BCUT2D eigenvalue weighted by Crippen LogP contribution is -2.15. The van der Waals surface area contributed by atoms with Gasteiger partial charge in [0.05, 0.1) is 24.8 Å². The first-order valence-electron chi connectivity index (χ1n) is 4.82. The van der Waals surface area contributed by atoms with Gasteiger partial charge in [0.15, 0.2) is 0 Å². The van der Waals surface area contributed by atoms with Gasteiger partial charge in [-0.05, 0) is 28.1 Å². The summed E-state index contributed by atoms with van der Waals surface area (Å²) in [6, 6.07) is 3.71. The second-order valence-electron chi connectivity index (χ2n) is 3.19. The van der Waals surface area contributed by atoms with Gasteiger partial charge in [-0.3, -0.25) is 0 Å². The number of rotatable bonds is 5. The fraction of sp³-hybridized carbons (Fsp3) is 0.455. The standard InChI is InChI=1S/C11H16BrNO3/c1-14-9-5-8(12)10(15-2)4-7(9)11(6-13)16-3/h4-5,11H,6,13H2,1-3H3/t11-/m0/s1. The van der Waals surface area contributed by atoms with Crippen LogP contribution in [0.2, 0.25) is 0 Å². The van der Waals surface area contributed by atoms with Gasteiger partial charge in [0.2, 0.25) is 0 Å². The second kappa shape index (κ2) is 6.08. The van der Waals surface area contributed by atoms with Crippen molar-refractivity contribution >= 4 is 15.9 Å². The van der Waals surface area contributed by atoms with Gasteiger partial charge >= 0.3 is 0 Å². The Bertz CT molecular complexity index is 353. The first kappa shape index (κ1) is 13.3. The van der Waals surface area contributed by atoms with Crippen LogP contribution in [0.1, 0.15) is 11.7 Å². The molecule has 5 heteroatoms. The zero-order valence-electron chi connectivity index (χ0n) is 9.62. The monoisotopic (exact) mass is 289 g/mol. The maximum Gasteiger partial charge on any atom is 0.133 e. The molecule has 1 aromatic rings. The van der Waals surface area contributed by atoms with Gasteiger partial charge < -0.3 is 19.9 Å². The van der Waals surface area contributed by atoms with Crippen LogP contribution < -0.4 is 15.2 Å². The largest absolute Gasteiger partial charge is 0.496 e. The molecular formula is C11H16BrNO3. The van der Waals surface area contributed by atoms with E-state index in [9.17, 15) is 0 Å². The Balaban J connectivity index is 3.23. The van der Waals surface area contributed by atoms with Crippen LogP contribution in [0.4, 0.5) is 0 Å². The molecule has 1 rings (SSSR count). The summed E-state index contributed by atoms with van der Waals surface area (Å²) in [6.45, 7) is 0.387. The van der Waals surface area contributed by atoms with Crippen molar-refractivity contribution < 1.29 is 14.2 Å². The SMILES string of the molecule is COc1cc([C@H](CN)OC)c(OC)cc1Br. The maximum atomic E-state index is 5.64. The smallest absolute Gasteiger partial charge is 0.133 e. The van der Waals surface area contributed by atoms with Crippen LogP contribution in [0.5, 0.6) is 11.5 Å². The van der Waals surface area contributed by atoms with Crippen LogP contribution in [0.3, 0.4) is 0 Å². The Labute approximate surface area is 104 Å². The van der Waals surface area contributed by atoms with Crippen LogP contribution in [0.25, 0.3) is 0 Å². The Kier molecular flexibility index (Phi) is 5.05. The second-order valence-corrected chi connectivity index (χ2v) is 4.04. The summed E-state index contributed by atoms with van der Waals surface area (Å²) in [5, 5.41) is 0. The van der Waals surface area contributed by atoms with Crippen LogP contribution in [-0.2, 0) is 4.74 Å². The fourth-order valence-electron chi connectivity index (χ4n) is 1.49. The molecule has 0 fully saturated rings. The lowest BCUT2D eigenvalue weighted by atomic mass is 10.1. The van der Waals surface area contributed by atoms with Crippen molar-refractivity contribution in [2.45, 2.75) is 6.10 Å². The van der Waals surface area contributed by atoms with Gasteiger partial charge in [0.1, 0.15) is 11.5 Å². The molecule has 0 aliphatic rings. The highest BCUT2D eigenvalue weighted by atomic mass is 79.9. The minimum atomic E-state index is -0.197. The zero-order chi connectivity index (χ0) is 12.1. The molecule has 0 aliphatic heterocycles. The summed E-state index contributed by atoms with van der Waals surface area (Å²) >= 11 is 3.40. The first-order valence-corrected chi connectivity index (χ1v) is 5.61. The van der Waals surface area contributed by atoms with Gasteiger partial charge in [-0.1, -0.05) is 0 Å². The van der Waals surface area contributed by atoms with E-state index in [1.807, 2.05) is 12.1 Å². The highest BCUT2D eigenvalue weighted by Crippen LogP contribution is 2.36. The predicted molar refractivity (Wildman–Crippen MR) is 66.1 cm³/mol. The number of benzene rings is 1. The molecule has 0 radical (unpaired) electrons. The van der Waals surface area contributed by atoms with Crippen molar-refractivity contribution in [2.75, 3.05) is 27.9 Å². The van der Waals surface area contributed by atoms with E-state index in [0.29, 0.717) is 6.54 Å². The molecule has 0 saturated carbocycles. The summed E-state index contributed by atoms with van der Waals surface area (Å²) in [6.07, 6.45) is -0.197. The van der Waals surface area contributed by atoms with Gasteiger partial charge in [-0.2, -0.15) is 0 Å². The highest BCUT2D eigenvalue weighted by Gasteiger charge is 2.17. The topological polar surface area (TPSA) is 53.7 Å². The van der Waals surface area contributed by atoms with Crippen molar-refractivity contribution in [1.29, 1.82) is 0 Å². The normalized spacial score (nSPS) is 12.3. The molecular weight excluding hydrogens is 274 g/mol. The Hall–Kier alpha value is -0.780. The summed E-state index contributed by atoms with van der Waals surface area (Å²) in [5.41, 5.74) is 6.52. The van der Waals surface area contributed by atoms with Crippen LogP contribution in [0, 0.1) is 0 Å². The number of ether oxygens (including phenoxy) is 3. The summed E-state index contributed by atoms with van der Waals surface area (Å²) < 4.78 is 16.6. The van der Waals surface area contributed by atoms with Gasteiger partial charge in [-0.15, -0.1) is 0 Å². The third-order valence-corrected chi connectivity index (χ3v) is 2.97. The van der Waals surface area contributed by atoms with Gasteiger partial charge in [-0.25, -0.2) is 0 Å². The molecule has 1 atom stereocenters. The summed E-state index contributed by atoms with van der Waals surface area (Å²) in [4.78, 5) is 0. The highest BCUT2D eigenvalue weighted by molar-refractivity contribution is 9.10. The summed E-state index contributed by atoms with van der Waals surface area (Å²) in [5.74, 6) is 1.45. The minimum absolute atomic E-state index is 0.197. The molecule has 0 heterocycles. The van der Waals surface area contributed by atoms with E-state index in [0.717, 1.165) is 21.5 Å². The minimum Gasteiger partial charge on any atom is -0.496 e. The quantitative estimate of drug-likeness (QED) is 0.902. The third-order valence-electron chi connectivity index (χ3n) is 2.35. The fourth-order valence-corrected chi connectivity index (χ4v) is 1.97. The van der Waals surface area contributed by atoms with E-state index < -0.39 is 0 Å². The van der Waals surface area contributed by atoms with E-state index in [2.05, 4.69) is 15.9 Å².